The topological polar surface area (TPSA) is 74.8 Å². The molecule has 0 radical (unpaired) electrons. The lowest BCUT2D eigenvalue weighted by Crippen LogP contribution is -2.23. The molecule has 0 aliphatic heterocycles. The SMILES string of the molecule is CC(Sc1nccc(=O)[nH]1)C(=O)Nc1cc(F)ccc1F. The molecule has 2 rings (SSSR count). The molecule has 0 bridgehead atoms. The van der Waals surface area contributed by atoms with Gasteiger partial charge in [-0.1, -0.05) is 11.8 Å². The predicted molar refractivity (Wildman–Crippen MR) is 75.2 cm³/mol. The van der Waals surface area contributed by atoms with E-state index in [1.807, 2.05) is 0 Å². The highest BCUT2D eigenvalue weighted by Gasteiger charge is 2.17. The fourth-order valence-corrected chi connectivity index (χ4v) is 2.24. The largest absolute Gasteiger partial charge is 0.323 e. The molecule has 0 saturated heterocycles. The molecule has 1 unspecified atom stereocenters. The Balaban J connectivity index is 2.06. The molecule has 8 heteroatoms. The number of hydrogen-bond donors (Lipinski definition) is 2. The van der Waals surface area contributed by atoms with Crippen LogP contribution in [-0.4, -0.2) is 21.1 Å². The van der Waals surface area contributed by atoms with Crippen molar-refractivity contribution in [2.45, 2.75) is 17.3 Å². The van der Waals surface area contributed by atoms with Crippen molar-refractivity contribution in [3.05, 3.63) is 52.5 Å². The summed E-state index contributed by atoms with van der Waals surface area (Å²) in [4.78, 5) is 29.4. The number of nitrogens with zero attached hydrogens (tertiary/aromatic N) is 1. The normalized spacial score (nSPS) is 12.0. The van der Waals surface area contributed by atoms with Crippen molar-refractivity contribution in [3.63, 3.8) is 0 Å². The second kappa shape index (κ2) is 6.49. The summed E-state index contributed by atoms with van der Waals surface area (Å²) >= 11 is 1.00. The fourth-order valence-electron chi connectivity index (χ4n) is 1.46. The summed E-state index contributed by atoms with van der Waals surface area (Å²) in [5.74, 6) is -1.91. The maximum atomic E-state index is 13.4. The van der Waals surface area contributed by atoms with Crippen LogP contribution in [0.15, 0.2) is 40.4 Å². The highest BCUT2D eigenvalue weighted by Crippen LogP contribution is 2.21. The van der Waals surface area contributed by atoms with Gasteiger partial charge in [0.25, 0.3) is 5.56 Å². The van der Waals surface area contributed by atoms with Crippen molar-refractivity contribution < 1.29 is 13.6 Å². The van der Waals surface area contributed by atoms with Crippen LogP contribution >= 0.6 is 11.8 Å². The van der Waals surface area contributed by atoms with E-state index in [0.29, 0.717) is 0 Å². The second-order valence-electron chi connectivity index (χ2n) is 4.11. The summed E-state index contributed by atoms with van der Waals surface area (Å²) in [5, 5.41) is 1.91. The summed E-state index contributed by atoms with van der Waals surface area (Å²) in [5.41, 5.74) is -0.571. The first-order chi connectivity index (χ1) is 9.95. The third-order valence-electron chi connectivity index (χ3n) is 2.49. The lowest BCUT2D eigenvalue weighted by Gasteiger charge is -2.11. The molecular formula is C13H11F2N3O2S. The van der Waals surface area contributed by atoms with Crippen molar-refractivity contribution in [2.24, 2.45) is 0 Å². The van der Waals surface area contributed by atoms with Crippen LogP contribution in [0.2, 0.25) is 0 Å². The number of amides is 1. The molecule has 110 valence electrons. The molecule has 2 aromatic rings. The van der Waals surface area contributed by atoms with Crippen LogP contribution in [-0.2, 0) is 4.79 Å². The number of thioether (sulfide) groups is 1. The van der Waals surface area contributed by atoms with Crippen LogP contribution < -0.4 is 10.9 Å². The quantitative estimate of drug-likeness (QED) is 0.670. The first-order valence-electron chi connectivity index (χ1n) is 5.93. The maximum absolute atomic E-state index is 13.4. The Labute approximate surface area is 122 Å². The number of H-pyrrole nitrogens is 1. The molecular weight excluding hydrogens is 300 g/mol. The molecule has 2 N–H and O–H groups in total. The van der Waals surface area contributed by atoms with Crippen molar-refractivity contribution in [1.82, 2.24) is 9.97 Å². The second-order valence-corrected chi connectivity index (χ2v) is 5.44. The first-order valence-corrected chi connectivity index (χ1v) is 6.81. The van der Waals surface area contributed by atoms with E-state index in [1.54, 1.807) is 6.92 Å². The number of aromatic nitrogens is 2. The predicted octanol–water partition coefficient (Wildman–Crippen LogP) is 2.17. The third-order valence-corrected chi connectivity index (χ3v) is 3.49. The molecule has 0 saturated carbocycles. The fraction of sp³-hybridized carbons (Fsp3) is 0.154. The van der Waals surface area contributed by atoms with Crippen molar-refractivity contribution >= 4 is 23.4 Å². The Morgan fingerprint density at radius 1 is 1.38 bits per heavy atom. The number of anilines is 1. The molecule has 1 amide bonds. The van der Waals surface area contributed by atoms with E-state index in [-0.39, 0.29) is 16.4 Å². The van der Waals surface area contributed by atoms with E-state index in [1.165, 1.54) is 12.3 Å². The zero-order valence-electron chi connectivity index (χ0n) is 10.9. The van der Waals surface area contributed by atoms with Crippen molar-refractivity contribution in [1.29, 1.82) is 0 Å². The van der Waals surface area contributed by atoms with Gasteiger partial charge in [-0.25, -0.2) is 13.8 Å². The molecule has 0 aliphatic carbocycles. The molecule has 1 aromatic heterocycles. The Morgan fingerprint density at radius 2 is 2.14 bits per heavy atom. The zero-order chi connectivity index (χ0) is 15.4. The van der Waals surface area contributed by atoms with Crippen LogP contribution in [0.4, 0.5) is 14.5 Å². The molecule has 5 nitrogen and oxygen atoms in total. The van der Waals surface area contributed by atoms with Crippen LogP contribution in [0.1, 0.15) is 6.92 Å². The number of nitrogens with one attached hydrogen (secondary N) is 2. The van der Waals surface area contributed by atoms with Gasteiger partial charge >= 0.3 is 0 Å². The van der Waals surface area contributed by atoms with Gasteiger partial charge in [-0.3, -0.25) is 9.59 Å². The summed E-state index contributed by atoms with van der Waals surface area (Å²) in [6.45, 7) is 1.56. The smallest absolute Gasteiger partial charge is 0.251 e. The minimum Gasteiger partial charge on any atom is -0.323 e. The Hall–Kier alpha value is -2.22. The van der Waals surface area contributed by atoms with Gasteiger partial charge < -0.3 is 10.3 Å². The van der Waals surface area contributed by atoms with Crippen molar-refractivity contribution in [3.8, 4) is 0 Å². The van der Waals surface area contributed by atoms with Gasteiger partial charge in [-0.15, -0.1) is 0 Å². The summed E-state index contributed by atoms with van der Waals surface area (Å²) in [6.07, 6.45) is 1.32. The number of rotatable bonds is 4. The van der Waals surface area contributed by atoms with Gasteiger partial charge in [0.05, 0.1) is 10.9 Å². The number of halogens is 2. The number of carbonyl (C=O) groups excluding carboxylic acids is 1. The van der Waals surface area contributed by atoms with Gasteiger partial charge in [0, 0.05) is 18.3 Å². The van der Waals surface area contributed by atoms with Gasteiger partial charge in [0.15, 0.2) is 5.16 Å². The van der Waals surface area contributed by atoms with Crippen LogP contribution in [0, 0.1) is 11.6 Å². The average Bonchev–Trinajstić information content (AvgIpc) is 2.43. The van der Waals surface area contributed by atoms with Crippen LogP contribution in [0.3, 0.4) is 0 Å². The zero-order valence-corrected chi connectivity index (χ0v) is 11.7. The van der Waals surface area contributed by atoms with E-state index in [4.69, 9.17) is 0 Å². The Bertz CT molecular complexity index is 721. The minimum atomic E-state index is -0.729. The summed E-state index contributed by atoms with van der Waals surface area (Å²) in [7, 11) is 0. The van der Waals surface area contributed by atoms with Gasteiger partial charge in [-0.05, 0) is 19.1 Å². The van der Waals surface area contributed by atoms with Gasteiger partial charge in [0.1, 0.15) is 11.6 Å². The molecule has 1 heterocycles. The highest BCUT2D eigenvalue weighted by molar-refractivity contribution is 8.00. The summed E-state index contributed by atoms with van der Waals surface area (Å²) < 4.78 is 26.4. The highest BCUT2D eigenvalue weighted by atomic mass is 32.2. The molecule has 0 aliphatic rings. The van der Waals surface area contributed by atoms with Crippen molar-refractivity contribution in [2.75, 3.05) is 5.32 Å². The lowest BCUT2D eigenvalue weighted by atomic mass is 10.3. The molecule has 1 aromatic carbocycles. The molecule has 21 heavy (non-hydrogen) atoms. The van der Waals surface area contributed by atoms with Crippen LogP contribution in [0.5, 0.6) is 0 Å². The molecule has 0 spiro atoms. The minimum absolute atomic E-state index is 0.234. The van der Waals surface area contributed by atoms with E-state index in [0.717, 1.165) is 30.0 Å². The van der Waals surface area contributed by atoms with E-state index >= 15 is 0 Å². The maximum Gasteiger partial charge on any atom is 0.251 e. The number of benzene rings is 1. The third kappa shape index (κ3) is 4.12. The Morgan fingerprint density at radius 3 is 2.86 bits per heavy atom. The number of aromatic amines is 1. The molecule has 1 atom stereocenters. The lowest BCUT2D eigenvalue weighted by molar-refractivity contribution is -0.115. The monoisotopic (exact) mass is 311 g/mol. The van der Waals surface area contributed by atoms with Gasteiger partial charge in [-0.2, -0.15) is 0 Å². The standard InChI is InChI=1S/C13H11F2N3O2S/c1-7(21-13-16-5-4-11(19)18-13)12(20)17-10-6-8(14)2-3-9(10)15/h2-7H,1H3,(H,17,20)(H,16,18,19). The first kappa shape index (κ1) is 15.2. The molecule has 0 fully saturated rings. The summed E-state index contributed by atoms with van der Waals surface area (Å²) in [6, 6.07) is 4.03. The van der Waals surface area contributed by atoms with Crippen LogP contribution in [0.25, 0.3) is 0 Å². The van der Waals surface area contributed by atoms with E-state index < -0.39 is 22.8 Å². The number of hydrogen-bond acceptors (Lipinski definition) is 4. The Kier molecular flexibility index (Phi) is 4.69. The van der Waals surface area contributed by atoms with Gasteiger partial charge in [0.2, 0.25) is 5.91 Å². The average molecular weight is 311 g/mol. The number of carbonyl (C=O) groups is 1. The van der Waals surface area contributed by atoms with E-state index in [2.05, 4.69) is 15.3 Å². The van der Waals surface area contributed by atoms with E-state index in [9.17, 15) is 18.4 Å².